The van der Waals surface area contributed by atoms with Crippen LogP contribution in [0.2, 0.25) is 0 Å². The summed E-state index contributed by atoms with van der Waals surface area (Å²) in [5.74, 6) is 1.35. The van der Waals surface area contributed by atoms with E-state index in [0.29, 0.717) is 11.8 Å². The molecule has 0 saturated heterocycles. The predicted molar refractivity (Wildman–Crippen MR) is 268 cm³/mol. The van der Waals surface area contributed by atoms with Gasteiger partial charge in [-0.3, -0.25) is 0 Å². The van der Waals surface area contributed by atoms with Crippen molar-refractivity contribution < 1.29 is 0 Å². The van der Waals surface area contributed by atoms with Gasteiger partial charge in [0.2, 0.25) is 0 Å². The molecule has 5 aromatic carbocycles. The molecule has 0 aliphatic heterocycles. The highest BCUT2D eigenvalue weighted by molar-refractivity contribution is 7.19. The van der Waals surface area contributed by atoms with Crippen molar-refractivity contribution in [2.24, 2.45) is 11.8 Å². The van der Waals surface area contributed by atoms with E-state index in [2.05, 4.69) is 158 Å². The van der Waals surface area contributed by atoms with E-state index < -0.39 is 0 Å². The van der Waals surface area contributed by atoms with Crippen LogP contribution in [-0.4, -0.2) is 17.9 Å². The zero-order chi connectivity index (χ0) is 41.5. The zero-order valence-electron chi connectivity index (χ0n) is 35.8. The molecule has 61 heavy (non-hydrogen) atoms. The van der Waals surface area contributed by atoms with E-state index in [1.807, 2.05) is 22.7 Å². The molecule has 308 valence electrons. The Kier molecular flexibility index (Phi) is 11.4. The van der Waals surface area contributed by atoms with Gasteiger partial charge in [0, 0.05) is 87.3 Å². The van der Waals surface area contributed by atoms with E-state index in [1.165, 1.54) is 137 Å². The maximum absolute atomic E-state index is 4.91. The lowest BCUT2D eigenvalue weighted by atomic mass is 9.99. The highest BCUT2D eigenvalue weighted by atomic mass is 32.1. The lowest BCUT2D eigenvalue weighted by Crippen LogP contribution is -2.10. The van der Waals surface area contributed by atoms with Crippen LogP contribution in [0.4, 0.5) is 0 Å². The number of hydrogen-bond donors (Lipinski definition) is 0. The van der Waals surface area contributed by atoms with Crippen molar-refractivity contribution >= 4 is 89.0 Å². The summed E-state index contributed by atoms with van der Waals surface area (Å²) < 4.78 is 15.0. The second-order valence-electron chi connectivity index (χ2n) is 17.0. The average Bonchev–Trinajstić information content (AvgIpc) is 4.17. The molecule has 10 rings (SSSR count). The van der Waals surface area contributed by atoms with Crippen LogP contribution in [0.15, 0.2) is 121 Å². The topological polar surface area (TPSA) is 35.6 Å². The van der Waals surface area contributed by atoms with Crippen LogP contribution in [0.25, 0.3) is 96.4 Å². The van der Waals surface area contributed by atoms with Gasteiger partial charge in [-0.05, 0) is 84.3 Å². The molecular formula is C54H54N4S3. The Morgan fingerprint density at radius 3 is 1.33 bits per heavy atom. The number of fused-ring (bicyclic) bond motifs is 7. The van der Waals surface area contributed by atoms with Gasteiger partial charge in [-0.1, -0.05) is 139 Å². The summed E-state index contributed by atoms with van der Waals surface area (Å²) in [4.78, 5) is 5.00. The van der Waals surface area contributed by atoms with Crippen LogP contribution < -0.4 is 0 Å². The number of para-hydroxylation sites is 2. The fourth-order valence-electron chi connectivity index (χ4n) is 9.69. The predicted octanol–water partition coefficient (Wildman–Crippen LogP) is 17.1. The number of rotatable bonds is 16. The van der Waals surface area contributed by atoms with Crippen molar-refractivity contribution in [1.29, 1.82) is 0 Å². The first-order valence-corrected chi connectivity index (χ1v) is 24.9. The normalized spacial score (nSPS) is 13.1. The summed E-state index contributed by atoms with van der Waals surface area (Å²) >= 11 is 5.02. The Labute approximate surface area is 371 Å². The first kappa shape index (κ1) is 40.0. The fraction of sp³-hybridized carbons (Fsp3) is 0.296. The number of nitrogens with zero attached hydrogens (tertiary/aromatic N) is 4. The number of thiophene rings is 2. The van der Waals surface area contributed by atoms with Crippen molar-refractivity contribution in [2.75, 3.05) is 0 Å². The molecule has 5 heterocycles. The maximum atomic E-state index is 4.91. The van der Waals surface area contributed by atoms with E-state index in [1.54, 1.807) is 0 Å². The Hall–Kier alpha value is -5.08. The van der Waals surface area contributed by atoms with Crippen molar-refractivity contribution in [1.82, 2.24) is 17.9 Å². The molecule has 2 atom stereocenters. The monoisotopic (exact) mass is 854 g/mol. The summed E-state index contributed by atoms with van der Waals surface area (Å²) in [6, 6.07) is 45.7. The molecule has 10 aromatic rings. The summed E-state index contributed by atoms with van der Waals surface area (Å²) in [7, 11) is 0. The van der Waals surface area contributed by atoms with Gasteiger partial charge in [-0.25, -0.2) is 0 Å². The van der Waals surface area contributed by atoms with Gasteiger partial charge in [-0.15, -0.1) is 22.7 Å². The molecule has 0 N–H and O–H groups in total. The van der Waals surface area contributed by atoms with E-state index in [-0.39, 0.29) is 0 Å². The largest absolute Gasteiger partial charge is 0.340 e. The lowest BCUT2D eigenvalue weighted by molar-refractivity contribution is 0.401. The SMILES string of the molecule is CCCCC(CC)Cn1c2ccccc2c2ccc(-c3ccc(-c4ccc(-c5ccc(-c6ccc7c8ccccc8n(CC(CC)CCCC)c7c6)s5)c5nsnc45)s3)cc21. The summed E-state index contributed by atoms with van der Waals surface area (Å²) in [5, 5.41) is 5.38. The number of hydrogen-bond acceptors (Lipinski definition) is 5. The zero-order valence-corrected chi connectivity index (χ0v) is 38.2. The number of unbranched alkanes of at least 4 members (excludes halogenated alkanes) is 2. The Morgan fingerprint density at radius 1 is 0.459 bits per heavy atom. The molecule has 0 aliphatic carbocycles. The van der Waals surface area contributed by atoms with Gasteiger partial charge in [0.15, 0.2) is 0 Å². The van der Waals surface area contributed by atoms with Crippen LogP contribution in [0.1, 0.15) is 79.1 Å². The molecule has 5 aromatic heterocycles. The average molecular weight is 855 g/mol. The Bertz CT molecular complexity index is 2930. The minimum atomic E-state index is 0.677. The van der Waals surface area contributed by atoms with Gasteiger partial charge < -0.3 is 9.13 Å². The molecule has 0 bridgehead atoms. The number of benzene rings is 5. The van der Waals surface area contributed by atoms with Crippen molar-refractivity contribution in [3.8, 4) is 41.8 Å². The van der Waals surface area contributed by atoms with Crippen molar-refractivity contribution in [3.63, 3.8) is 0 Å². The molecule has 0 fully saturated rings. The molecule has 7 heteroatoms. The van der Waals surface area contributed by atoms with Crippen LogP contribution in [0, 0.1) is 11.8 Å². The molecular weight excluding hydrogens is 801 g/mol. The van der Waals surface area contributed by atoms with E-state index >= 15 is 0 Å². The third-order valence-corrected chi connectivity index (χ3v) is 16.1. The van der Waals surface area contributed by atoms with Crippen LogP contribution in [0.5, 0.6) is 0 Å². The minimum Gasteiger partial charge on any atom is -0.340 e. The van der Waals surface area contributed by atoms with Gasteiger partial charge in [0.25, 0.3) is 0 Å². The van der Waals surface area contributed by atoms with Gasteiger partial charge >= 0.3 is 0 Å². The first-order chi connectivity index (χ1) is 30.1. The summed E-state index contributed by atoms with van der Waals surface area (Å²) in [6.07, 6.45) is 10.1. The van der Waals surface area contributed by atoms with E-state index in [4.69, 9.17) is 8.75 Å². The second-order valence-corrected chi connectivity index (χ2v) is 19.7. The van der Waals surface area contributed by atoms with E-state index in [0.717, 1.165) is 35.2 Å². The molecule has 0 spiro atoms. The summed E-state index contributed by atoms with van der Waals surface area (Å²) in [6.45, 7) is 11.4. The summed E-state index contributed by atoms with van der Waals surface area (Å²) in [5.41, 5.74) is 12.2. The Morgan fingerprint density at radius 2 is 0.885 bits per heavy atom. The first-order valence-electron chi connectivity index (χ1n) is 22.5. The third-order valence-electron chi connectivity index (χ3n) is 13.2. The van der Waals surface area contributed by atoms with Gasteiger partial charge in [0.1, 0.15) is 11.0 Å². The third kappa shape index (κ3) is 7.43. The van der Waals surface area contributed by atoms with E-state index in [9.17, 15) is 0 Å². The molecule has 0 aliphatic rings. The van der Waals surface area contributed by atoms with Crippen molar-refractivity contribution in [3.05, 3.63) is 121 Å². The lowest BCUT2D eigenvalue weighted by Gasteiger charge is -2.17. The Balaban J connectivity index is 0.961. The fourth-order valence-corrected chi connectivity index (χ4v) is 12.3. The van der Waals surface area contributed by atoms with Crippen LogP contribution >= 0.6 is 34.4 Å². The molecule has 4 nitrogen and oxygen atoms in total. The van der Waals surface area contributed by atoms with Crippen LogP contribution in [0.3, 0.4) is 0 Å². The molecule has 0 radical (unpaired) electrons. The molecule has 0 amide bonds. The van der Waals surface area contributed by atoms with Crippen molar-refractivity contribution in [2.45, 2.75) is 92.2 Å². The molecule has 2 unspecified atom stereocenters. The smallest absolute Gasteiger partial charge is 0.114 e. The van der Waals surface area contributed by atoms with Gasteiger partial charge in [0.05, 0.1) is 11.7 Å². The minimum absolute atomic E-state index is 0.677. The standard InChI is InChI=1S/C54H54N4S3/c1-5-9-15-35(7-3)33-57-45-19-13-11-17-39(45)41-23-21-37(31-47(41)57)49-27-29-51(59-49)43-25-26-44(54-53(43)55-61-56-54)52-30-28-50(60-52)38-22-24-42-40-18-12-14-20-46(40)58(48(42)32-38)34-36(8-4)16-10-6-2/h11-14,17-32,35-36H,5-10,15-16,33-34H2,1-4H3. The van der Waals surface area contributed by atoms with Crippen LogP contribution in [-0.2, 0) is 13.1 Å². The quantitative estimate of drug-likeness (QED) is 0.0971. The van der Waals surface area contributed by atoms with Gasteiger partial charge in [-0.2, -0.15) is 8.75 Å². The second kappa shape index (κ2) is 17.4. The molecule has 0 saturated carbocycles. The maximum Gasteiger partial charge on any atom is 0.114 e. The number of aromatic nitrogens is 4. The highest BCUT2D eigenvalue weighted by Gasteiger charge is 2.20. The highest BCUT2D eigenvalue weighted by Crippen LogP contribution is 2.44.